The van der Waals surface area contributed by atoms with Gasteiger partial charge in [-0.05, 0) is 42.0 Å². The molecule has 0 radical (unpaired) electrons. The van der Waals surface area contributed by atoms with Crippen molar-refractivity contribution in [3.8, 4) is 11.1 Å². The zero-order valence-corrected chi connectivity index (χ0v) is 11.4. The third kappa shape index (κ3) is 3.45. The Morgan fingerprint density at radius 1 is 1.10 bits per heavy atom. The monoisotopic (exact) mass is 270 g/mol. The van der Waals surface area contributed by atoms with Crippen molar-refractivity contribution in [1.29, 1.82) is 0 Å². The fourth-order valence-corrected chi connectivity index (χ4v) is 2.17. The molecule has 2 N–H and O–H groups in total. The fraction of sp³-hybridized carbons (Fsp3) is 0.235. The fourth-order valence-electron chi connectivity index (χ4n) is 2.17. The van der Waals surface area contributed by atoms with E-state index in [-0.39, 0.29) is 6.42 Å². The molecule has 0 aliphatic rings. The summed E-state index contributed by atoms with van der Waals surface area (Å²) in [5.41, 5.74) is 4.60. The number of aliphatic hydroxyl groups is 1. The van der Waals surface area contributed by atoms with Crippen LogP contribution < -0.4 is 0 Å². The van der Waals surface area contributed by atoms with Crippen LogP contribution in [0.15, 0.2) is 48.5 Å². The molecule has 0 heterocycles. The van der Waals surface area contributed by atoms with Crippen molar-refractivity contribution in [2.45, 2.75) is 25.9 Å². The largest absolute Gasteiger partial charge is 0.479 e. The molecule has 2 rings (SSSR count). The predicted octanol–water partition coefficient (Wildman–Crippen LogP) is 3.04. The first-order valence-corrected chi connectivity index (χ1v) is 6.64. The van der Waals surface area contributed by atoms with E-state index in [2.05, 4.69) is 19.1 Å². The van der Waals surface area contributed by atoms with Crippen LogP contribution >= 0.6 is 0 Å². The van der Waals surface area contributed by atoms with Crippen LogP contribution in [0.4, 0.5) is 0 Å². The molecule has 2 aromatic carbocycles. The lowest BCUT2D eigenvalue weighted by atomic mass is 9.98. The average molecular weight is 270 g/mol. The van der Waals surface area contributed by atoms with Crippen LogP contribution in [0.2, 0.25) is 0 Å². The van der Waals surface area contributed by atoms with Gasteiger partial charge in [-0.1, -0.05) is 48.5 Å². The van der Waals surface area contributed by atoms with Gasteiger partial charge in [-0.15, -0.1) is 0 Å². The van der Waals surface area contributed by atoms with Gasteiger partial charge in [-0.25, -0.2) is 4.79 Å². The first kappa shape index (κ1) is 14.3. The molecule has 1 unspecified atom stereocenters. The van der Waals surface area contributed by atoms with E-state index in [1.54, 1.807) is 0 Å². The van der Waals surface area contributed by atoms with E-state index < -0.39 is 12.1 Å². The summed E-state index contributed by atoms with van der Waals surface area (Å²) in [6.45, 7) is 2.08. The van der Waals surface area contributed by atoms with E-state index in [0.29, 0.717) is 6.42 Å². The smallest absolute Gasteiger partial charge is 0.332 e. The Morgan fingerprint density at radius 3 is 2.35 bits per heavy atom. The molecule has 0 aliphatic heterocycles. The van der Waals surface area contributed by atoms with Gasteiger partial charge in [0.05, 0.1) is 0 Å². The minimum Gasteiger partial charge on any atom is -0.479 e. The first-order valence-electron chi connectivity index (χ1n) is 6.64. The van der Waals surface area contributed by atoms with Gasteiger partial charge in [0.1, 0.15) is 0 Å². The highest BCUT2D eigenvalue weighted by Gasteiger charge is 2.12. The highest BCUT2D eigenvalue weighted by Crippen LogP contribution is 2.23. The normalized spacial score (nSPS) is 12.1. The Balaban J connectivity index is 2.07. The van der Waals surface area contributed by atoms with Crippen molar-refractivity contribution in [2.24, 2.45) is 0 Å². The Morgan fingerprint density at radius 2 is 1.75 bits per heavy atom. The minimum atomic E-state index is -1.29. The third-order valence-corrected chi connectivity index (χ3v) is 3.40. The molecule has 104 valence electrons. The van der Waals surface area contributed by atoms with Crippen LogP contribution in [0.1, 0.15) is 17.5 Å². The topological polar surface area (TPSA) is 57.5 Å². The van der Waals surface area contributed by atoms with Gasteiger partial charge < -0.3 is 10.2 Å². The van der Waals surface area contributed by atoms with Crippen LogP contribution in [-0.2, 0) is 11.2 Å². The van der Waals surface area contributed by atoms with E-state index in [0.717, 1.165) is 11.1 Å². The molecule has 20 heavy (non-hydrogen) atoms. The summed E-state index contributed by atoms with van der Waals surface area (Å²) >= 11 is 0. The Kier molecular flexibility index (Phi) is 4.53. The summed E-state index contributed by atoms with van der Waals surface area (Å²) in [7, 11) is 0. The number of carbonyl (C=O) groups is 1. The molecule has 0 amide bonds. The second-order valence-electron chi connectivity index (χ2n) is 4.90. The summed E-state index contributed by atoms with van der Waals surface area (Å²) in [6.07, 6.45) is -0.494. The number of aryl methyl sites for hydroxylation is 2. The molecule has 0 bridgehead atoms. The number of rotatable bonds is 5. The molecule has 0 spiro atoms. The van der Waals surface area contributed by atoms with Gasteiger partial charge in [0.25, 0.3) is 0 Å². The van der Waals surface area contributed by atoms with E-state index >= 15 is 0 Å². The number of hydrogen-bond donors (Lipinski definition) is 2. The van der Waals surface area contributed by atoms with Crippen LogP contribution in [0, 0.1) is 6.92 Å². The molecule has 3 nitrogen and oxygen atoms in total. The Hall–Kier alpha value is -2.13. The summed E-state index contributed by atoms with van der Waals surface area (Å²) in [5, 5.41) is 17.9. The number of aliphatic hydroxyl groups excluding tert-OH is 1. The van der Waals surface area contributed by atoms with Crippen LogP contribution in [0.25, 0.3) is 11.1 Å². The van der Waals surface area contributed by atoms with Gasteiger partial charge in [0, 0.05) is 0 Å². The third-order valence-electron chi connectivity index (χ3n) is 3.40. The average Bonchev–Trinajstić information content (AvgIpc) is 2.46. The zero-order valence-electron chi connectivity index (χ0n) is 11.4. The molecule has 3 heteroatoms. The van der Waals surface area contributed by atoms with E-state index in [9.17, 15) is 9.90 Å². The lowest BCUT2D eigenvalue weighted by Gasteiger charge is -2.08. The highest BCUT2D eigenvalue weighted by molar-refractivity contribution is 5.72. The van der Waals surface area contributed by atoms with Crippen molar-refractivity contribution in [3.63, 3.8) is 0 Å². The lowest BCUT2D eigenvalue weighted by Crippen LogP contribution is -2.19. The Bertz CT molecular complexity index is 587. The maximum Gasteiger partial charge on any atom is 0.332 e. The second-order valence-corrected chi connectivity index (χ2v) is 4.90. The van der Waals surface area contributed by atoms with Crippen LogP contribution in [0.5, 0.6) is 0 Å². The summed E-state index contributed by atoms with van der Waals surface area (Å²) < 4.78 is 0. The highest BCUT2D eigenvalue weighted by atomic mass is 16.4. The summed E-state index contributed by atoms with van der Waals surface area (Å²) in [4.78, 5) is 10.5. The molecule has 2 aromatic rings. The molecule has 1 atom stereocenters. The second kappa shape index (κ2) is 6.35. The summed E-state index contributed by atoms with van der Waals surface area (Å²) in [6, 6.07) is 16.2. The van der Waals surface area contributed by atoms with Crippen molar-refractivity contribution < 1.29 is 15.0 Å². The van der Waals surface area contributed by atoms with Gasteiger partial charge in [0.2, 0.25) is 0 Å². The number of carboxylic acid groups (broad SMARTS) is 1. The first-order chi connectivity index (χ1) is 9.58. The quantitative estimate of drug-likeness (QED) is 0.878. The van der Waals surface area contributed by atoms with Gasteiger partial charge in [-0.2, -0.15) is 0 Å². The lowest BCUT2D eigenvalue weighted by molar-refractivity contribution is -0.146. The van der Waals surface area contributed by atoms with Gasteiger partial charge in [0.15, 0.2) is 6.10 Å². The molecular weight excluding hydrogens is 252 g/mol. The number of benzene rings is 2. The van der Waals surface area contributed by atoms with E-state index in [4.69, 9.17) is 5.11 Å². The number of hydrogen-bond acceptors (Lipinski definition) is 2. The standard InChI is InChI=1S/C17H18O3/c1-12-4-2-3-5-15(12)14-9-6-13(7-10-14)8-11-16(18)17(19)20/h2-7,9-10,16,18H,8,11H2,1H3,(H,19,20). The number of carboxylic acids is 1. The van der Waals surface area contributed by atoms with E-state index in [1.807, 2.05) is 36.4 Å². The minimum absolute atomic E-state index is 0.235. The van der Waals surface area contributed by atoms with Gasteiger partial charge >= 0.3 is 5.97 Å². The molecule has 0 aromatic heterocycles. The van der Waals surface area contributed by atoms with Crippen LogP contribution in [0.3, 0.4) is 0 Å². The molecule has 0 saturated carbocycles. The van der Waals surface area contributed by atoms with Crippen molar-refractivity contribution in [3.05, 3.63) is 59.7 Å². The summed E-state index contributed by atoms with van der Waals surface area (Å²) in [5.74, 6) is -1.17. The van der Waals surface area contributed by atoms with Crippen molar-refractivity contribution in [1.82, 2.24) is 0 Å². The maximum absolute atomic E-state index is 10.5. The molecule has 0 fully saturated rings. The van der Waals surface area contributed by atoms with Crippen molar-refractivity contribution in [2.75, 3.05) is 0 Å². The molecule has 0 saturated heterocycles. The SMILES string of the molecule is Cc1ccccc1-c1ccc(CCC(O)C(=O)O)cc1. The van der Waals surface area contributed by atoms with Crippen molar-refractivity contribution >= 4 is 5.97 Å². The number of aliphatic carboxylic acids is 1. The molecule has 0 aliphatic carbocycles. The zero-order chi connectivity index (χ0) is 14.5. The predicted molar refractivity (Wildman–Crippen MR) is 78.6 cm³/mol. The maximum atomic E-state index is 10.5. The van der Waals surface area contributed by atoms with E-state index in [1.165, 1.54) is 11.1 Å². The molecular formula is C17H18O3. The Labute approximate surface area is 118 Å². The van der Waals surface area contributed by atoms with Crippen LogP contribution in [-0.4, -0.2) is 22.3 Å². The van der Waals surface area contributed by atoms with Gasteiger partial charge in [-0.3, -0.25) is 0 Å².